The summed E-state index contributed by atoms with van der Waals surface area (Å²) in [5.41, 5.74) is 1.15. The maximum atomic E-state index is 13.2. The predicted octanol–water partition coefficient (Wildman–Crippen LogP) is 2.82. The van der Waals surface area contributed by atoms with Gasteiger partial charge >= 0.3 is 0 Å². The van der Waals surface area contributed by atoms with Crippen molar-refractivity contribution in [2.75, 3.05) is 26.8 Å². The zero-order valence-electron chi connectivity index (χ0n) is 13.5. The van der Waals surface area contributed by atoms with Crippen LogP contribution in [-0.4, -0.2) is 38.8 Å². The summed E-state index contributed by atoms with van der Waals surface area (Å²) in [6.07, 6.45) is 4.31. The van der Waals surface area contributed by atoms with Crippen molar-refractivity contribution in [1.82, 2.24) is 10.6 Å². The topological polar surface area (TPSA) is 45.7 Å². The van der Waals surface area contributed by atoms with Crippen molar-refractivity contribution in [3.05, 3.63) is 35.6 Å². The van der Waals surface area contributed by atoms with E-state index < -0.39 is 0 Å². The molecule has 0 unspecified atom stereocenters. The molecule has 0 aromatic heterocycles. The molecular formula is C17H25FIN3O. The average molecular weight is 433 g/mol. The van der Waals surface area contributed by atoms with Crippen molar-refractivity contribution in [2.24, 2.45) is 4.99 Å². The molecule has 1 aromatic carbocycles. The molecule has 1 aromatic rings. The van der Waals surface area contributed by atoms with Crippen LogP contribution in [0.2, 0.25) is 0 Å². The van der Waals surface area contributed by atoms with Crippen LogP contribution in [0.4, 0.5) is 4.39 Å². The smallest absolute Gasteiger partial charge is 0.191 e. The van der Waals surface area contributed by atoms with Gasteiger partial charge < -0.3 is 15.4 Å². The van der Waals surface area contributed by atoms with Gasteiger partial charge in [-0.25, -0.2) is 4.39 Å². The van der Waals surface area contributed by atoms with E-state index in [2.05, 4.69) is 15.6 Å². The molecule has 2 fully saturated rings. The zero-order valence-corrected chi connectivity index (χ0v) is 15.8. The fourth-order valence-corrected chi connectivity index (χ4v) is 3.00. The van der Waals surface area contributed by atoms with Crippen molar-refractivity contribution < 1.29 is 9.13 Å². The lowest BCUT2D eigenvalue weighted by molar-refractivity contribution is 0.0513. The van der Waals surface area contributed by atoms with E-state index >= 15 is 0 Å². The van der Waals surface area contributed by atoms with Crippen molar-refractivity contribution in [3.8, 4) is 0 Å². The molecule has 1 heterocycles. The minimum absolute atomic E-state index is 0. The van der Waals surface area contributed by atoms with Gasteiger partial charge in [-0.1, -0.05) is 12.1 Å². The molecule has 0 amide bonds. The standard InChI is InChI=1S/C17H24FN3O.HI/c1-19-16(21-15-6-7-15)20-12-17(8-10-22-11-9-17)13-2-4-14(18)5-3-13;/h2-5,15H,6-12H2,1H3,(H2,19,20,21);1H. The van der Waals surface area contributed by atoms with Gasteiger partial charge in [-0.05, 0) is 43.4 Å². The Labute approximate surface area is 154 Å². The van der Waals surface area contributed by atoms with Gasteiger partial charge in [0.25, 0.3) is 0 Å². The Morgan fingerprint density at radius 1 is 1.26 bits per heavy atom. The minimum Gasteiger partial charge on any atom is -0.381 e. The number of benzene rings is 1. The third-order valence-electron chi connectivity index (χ3n) is 4.64. The molecular weight excluding hydrogens is 408 g/mol. The number of rotatable bonds is 4. The lowest BCUT2D eigenvalue weighted by atomic mass is 9.74. The van der Waals surface area contributed by atoms with Crippen molar-refractivity contribution >= 4 is 29.9 Å². The SMILES string of the molecule is CN=C(NCC1(c2ccc(F)cc2)CCOCC1)NC1CC1.I. The maximum absolute atomic E-state index is 13.2. The first-order valence-electron chi connectivity index (χ1n) is 8.03. The van der Waals surface area contributed by atoms with Crippen LogP contribution in [0.15, 0.2) is 29.3 Å². The first kappa shape index (κ1) is 18.4. The Morgan fingerprint density at radius 3 is 2.48 bits per heavy atom. The largest absolute Gasteiger partial charge is 0.381 e. The Morgan fingerprint density at radius 2 is 1.91 bits per heavy atom. The molecule has 1 aliphatic carbocycles. The number of nitrogens with zero attached hydrogens (tertiary/aromatic N) is 1. The van der Waals surface area contributed by atoms with E-state index in [9.17, 15) is 4.39 Å². The highest BCUT2D eigenvalue weighted by atomic mass is 127. The first-order valence-corrected chi connectivity index (χ1v) is 8.03. The van der Waals surface area contributed by atoms with Gasteiger partial charge in [0.1, 0.15) is 5.82 Å². The number of ether oxygens (including phenoxy) is 1. The molecule has 0 radical (unpaired) electrons. The molecule has 0 atom stereocenters. The summed E-state index contributed by atoms with van der Waals surface area (Å²) < 4.78 is 18.8. The van der Waals surface area contributed by atoms with E-state index in [-0.39, 0.29) is 35.2 Å². The van der Waals surface area contributed by atoms with Crippen LogP contribution in [0.5, 0.6) is 0 Å². The quantitative estimate of drug-likeness (QED) is 0.436. The molecule has 4 nitrogen and oxygen atoms in total. The Kier molecular flexibility index (Phi) is 6.64. The molecule has 1 saturated carbocycles. The Bertz CT molecular complexity index is 525. The van der Waals surface area contributed by atoms with Gasteiger partial charge in [0.05, 0.1) is 0 Å². The summed E-state index contributed by atoms with van der Waals surface area (Å²) in [6.45, 7) is 2.27. The molecule has 23 heavy (non-hydrogen) atoms. The minimum atomic E-state index is -0.190. The number of halogens is 2. The molecule has 2 aliphatic rings. The van der Waals surface area contributed by atoms with Gasteiger partial charge in [-0.15, -0.1) is 24.0 Å². The highest BCUT2D eigenvalue weighted by Gasteiger charge is 2.35. The first-order chi connectivity index (χ1) is 10.7. The summed E-state index contributed by atoms with van der Waals surface area (Å²) in [6, 6.07) is 7.47. The highest BCUT2D eigenvalue weighted by molar-refractivity contribution is 14.0. The molecule has 1 aliphatic heterocycles. The van der Waals surface area contributed by atoms with Crippen LogP contribution < -0.4 is 10.6 Å². The van der Waals surface area contributed by atoms with Crippen LogP contribution in [-0.2, 0) is 10.2 Å². The molecule has 128 valence electrons. The summed E-state index contributed by atoms with van der Waals surface area (Å²) in [7, 11) is 1.80. The summed E-state index contributed by atoms with van der Waals surface area (Å²) >= 11 is 0. The van der Waals surface area contributed by atoms with E-state index in [0.717, 1.165) is 38.6 Å². The molecule has 2 N–H and O–H groups in total. The van der Waals surface area contributed by atoms with Crippen LogP contribution in [0, 0.1) is 5.82 Å². The van der Waals surface area contributed by atoms with Crippen molar-refractivity contribution in [1.29, 1.82) is 0 Å². The van der Waals surface area contributed by atoms with Gasteiger partial charge in [-0.2, -0.15) is 0 Å². The Balaban J connectivity index is 0.00000192. The Hall–Kier alpha value is -0.890. The fourth-order valence-electron chi connectivity index (χ4n) is 3.00. The number of hydrogen-bond donors (Lipinski definition) is 2. The monoisotopic (exact) mass is 433 g/mol. The molecule has 1 saturated heterocycles. The van der Waals surface area contributed by atoms with Crippen molar-refractivity contribution in [3.63, 3.8) is 0 Å². The van der Waals surface area contributed by atoms with Crippen LogP contribution >= 0.6 is 24.0 Å². The second kappa shape index (κ2) is 8.28. The predicted molar refractivity (Wildman–Crippen MR) is 101 cm³/mol. The van der Waals surface area contributed by atoms with E-state index in [1.165, 1.54) is 18.4 Å². The number of aliphatic imine (C=N–C) groups is 1. The van der Waals surface area contributed by atoms with Gasteiger partial charge in [0, 0.05) is 38.3 Å². The van der Waals surface area contributed by atoms with Crippen LogP contribution in [0.25, 0.3) is 0 Å². The maximum Gasteiger partial charge on any atom is 0.191 e. The molecule has 0 bridgehead atoms. The van der Waals surface area contributed by atoms with E-state index in [1.807, 2.05) is 12.1 Å². The number of nitrogens with one attached hydrogen (secondary N) is 2. The lowest BCUT2D eigenvalue weighted by Gasteiger charge is -2.38. The second-order valence-electron chi connectivity index (χ2n) is 6.24. The normalized spacial score (nSPS) is 20.5. The van der Waals surface area contributed by atoms with Crippen LogP contribution in [0.1, 0.15) is 31.2 Å². The number of guanidine groups is 1. The molecule has 0 spiro atoms. The van der Waals surface area contributed by atoms with E-state index in [0.29, 0.717) is 6.04 Å². The fraction of sp³-hybridized carbons (Fsp3) is 0.588. The van der Waals surface area contributed by atoms with Gasteiger partial charge in [0.15, 0.2) is 5.96 Å². The van der Waals surface area contributed by atoms with Gasteiger partial charge in [0.2, 0.25) is 0 Å². The summed E-state index contributed by atoms with van der Waals surface area (Å²) in [4.78, 5) is 4.29. The summed E-state index contributed by atoms with van der Waals surface area (Å²) in [5.74, 6) is 0.667. The van der Waals surface area contributed by atoms with E-state index in [4.69, 9.17) is 4.74 Å². The molecule has 6 heteroatoms. The average Bonchev–Trinajstić information content (AvgIpc) is 3.37. The number of hydrogen-bond acceptors (Lipinski definition) is 2. The van der Waals surface area contributed by atoms with Crippen molar-refractivity contribution in [2.45, 2.75) is 37.1 Å². The summed E-state index contributed by atoms with van der Waals surface area (Å²) in [5, 5.41) is 6.86. The third-order valence-corrected chi connectivity index (χ3v) is 4.64. The lowest BCUT2D eigenvalue weighted by Crippen LogP contribution is -2.48. The van der Waals surface area contributed by atoms with Crippen LogP contribution in [0.3, 0.4) is 0 Å². The molecule has 3 rings (SSSR count). The second-order valence-corrected chi connectivity index (χ2v) is 6.24. The zero-order chi connectivity index (χ0) is 15.4. The third kappa shape index (κ3) is 4.79. The highest BCUT2D eigenvalue weighted by Crippen LogP contribution is 2.34. The van der Waals surface area contributed by atoms with E-state index in [1.54, 1.807) is 19.2 Å². The van der Waals surface area contributed by atoms with Gasteiger partial charge in [-0.3, -0.25) is 4.99 Å².